The van der Waals surface area contributed by atoms with Gasteiger partial charge in [-0.3, -0.25) is 9.35 Å². The molecule has 0 aliphatic carbocycles. The third kappa shape index (κ3) is 3.42. The van der Waals surface area contributed by atoms with Crippen LogP contribution < -0.4 is 5.01 Å². The molecule has 0 radical (unpaired) electrons. The summed E-state index contributed by atoms with van der Waals surface area (Å²) < 4.78 is 32.8. The van der Waals surface area contributed by atoms with E-state index in [-0.39, 0.29) is 16.5 Å². The second-order valence-corrected chi connectivity index (χ2v) is 8.00. The topological polar surface area (TPSA) is 132 Å². The highest BCUT2D eigenvalue weighted by Gasteiger charge is 2.34. The number of carbonyl (C=O) groups excluding carboxylic acids is 1. The number of hydrazone groups is 1. The zero-order chi connectivity index (χ0) is 21.5. The minimum atomic E-state index is -4.57. The zero-order valence-corrected chi connectivity index (χ0v) is 16.5. The van der Waals surface area contributed by atoms with Gasteiger partial charge in [0.2, 0.25) is 0 Å². The summed E-state index contributed by atoms with van der Waals surface area (Å²) in [4.78, 5) is 12.3. The number of amides is 1. The molecule has 1 heterocycles. The Bertz CT molecular complexity index is 1320. The molecule has 0 bridgehead atoms. The fourth-order valence-corrected chi connectivity index (χ4v) is 3.91. The summed E-state index contributed by atoms with van der Waals surface area (Å²) in [7, 11) is -4.57. The molecule has 1 unspecified atom stereocenters. The SMILES string of the molecule is CC1=NN(c2ccccc2)C(=O)C1N=Nc1c(O)cc(S(=O)(=O)O)c2ccccc12. The Kier molecular flexibility index (Phi) is 4.80. The van der Waals surface area contributed by atoms with Gasteiger partial charge in [-0.25, -0.2) is 0 Å². The number of fused-ring (bicyclic) bond motifs is 1. The van der Waals surface area contributed by atoms with Gasteiger partial charge in [0, 0.05) is 16.8 Å². The van der Waals surface area contributed by atoms with Gasteiger partial charge in [0.1, 0.15) is 16.3 Å². The third-order valence-electron chi connectivity index (χ3n) is 4.61. The van der Waals surface area contributed by atoms with E-state index in [1.165, 1.54) is 17.1 Å². The number of anilines is 1. The van der Waals surface area contributed by atoms with Crippen molar-refractivity contribution in [1.82, 2.24) is 0 Å². The van der Waals surface area contributed by atoms with Gasteiger partial charge >= 0.3 is 0 Å². The number of hydrogen-bond acceptors (Lipinski definition) is 7. The van der Waals surface area contributed by atoms with Gasteiger partial charge in [-0.15, -0.1) is 0 Å². The molecular formula is C20H16N4O5S. The number of azo groups is 1. The van der Waals surface area contributed by atoms with E-state index in [2.05, 4.69) is 15.3 Å². The Hall–Kier alpha value is -3.63. The first-order valence-corrected chi connectivity index (χ1v) is 10.3. The Balaban J connectivity index is 1.74. The molecule has 10 heteroatoms. The number of benzene rings is 3. The highest BCUT2D eigenvalue weighted by molar-refractivity contribution is 7.86. The van der Waals surface area contributed by atoms with Crippen molar-refractivity contribution in [1.29, 1.82) is 0 Å². The van der Waals surface area contributed by atoms with Gasteiger partial charge < -0.3 is 5.11 Å². The minimum absolute atomic E-state index is 0.0169. The van der Waals surface area contributed by atoms with Crippen molar-refractivity contribution >= 4 is 43.9 Å². The van der Waals surface area contributed by atoms with E-state index in [9.17, 15) is 22.9 Å². The van der Waals surface area contributed by atoms with Crippen molar-refractivity contribution in [2.45, 2.75) is 17.9 Å². The van der Waals surface area contributed by atoms with E-state index in [1.807, 2.05) is 6.07 Å². The van der Waals surface area contributed by atoms with Crippen LogP contribution >= 0.6 is 0 Å². The summed E-state index contributed by atoms with van der Waals surface area (Å²) >= 11 is 0. The maximum absolute atomic E-state index is 12.8. The van der Waals surface area contributed by atoms with Crippen molar-refractivity contribution in [2.75, 3.05) is 5.01 Å². The summed E-state index contributed by atoms with van der Waals surface area (Å²) in [5.41, 5.74) is 0.994. The molecule has 0 spiro atoms. The molecule has 0 fully saturated rings. The van der Waals surface area contributed by atoms with Crippen LogP contribution in [-0.2, 0) is 14.9 Å². The highest BCUT2D eigenvalue weighted by Crippen LogP contribution is 2.39. The predicted octanol–water partition coefficient (Wildman–Crippen LogP) is 3.67. The molecule has 3 aromatic rings. The number of rotatable bonds is 4. The Labute approximate surface area is 171 Å². The molecule has 2 N–H and O–H groups in total. The second-order valence-electron chi connectivity index (χ2n) is 6.61. The van der Waals surface area contributed by atoms with Gasteiger partial charge in [0.25, 0.3) is 16.0 Å². The summed E-state index contributed by atoms with van der Waals surface area (Å²) in [6.45, 7) is 1.64. The van der Waals surface area contributed by atoms with Crippen LogP contribution in [0.1, 0.15) is 6.92 Å². The lowest BCUT2D eigenvalue weighted by Gasteiger charge is -2.12. The fourth-order valence-electron chi connectivity index (χ4n) is 3.19. The molecule has 1 atom stereocenters. The van der Waals surface area contributed by atoms with Crippen LogP contribution in [0.5, 0.6) is 5.75 Å². The smallest absolute Gasteiger partial charge is 0.295 e. The fraction of sp³-hybridized carbons (Fsp3) is 0.100. The van der Waals surface area contributed by atoms with Crippen LogP contribution in [-0.4, -0.2) is 35.7 Å². The highest BCUT2D eigenvalue weighted by atomic mass is 32.2. The molecule has 0 saturated heterocycles. The van der Waals surface area contributed by atoms with E-state index in [0.717, 1.165) is 6.07 Å². The average Bonchev–Trinajstić information content (AvgIpc) is 3.00. The van der Waals surface area contributed by atoms with Gasteiger partial charge in [-0.1, -0.05) is 42.5 Å². The van der Waals surface area contributed by atoms with Crippen molar-refractivity contribution < 1.29 is 22.9 Å². The maximum atomic E-state index is 12.8. The molecule has 30 heavy (non-hydrogen) atoms. The first-order chi connectivity index (χ1) is 14.3. The van der Waals surface area contributed by atoms with Crippen molar-refractivity contribution in [3.8, 4) is 5.75 Å². The quantitative estimate of drug-likeness (QED) is 0.487. The summed E-state index contributed by atoms with van der Waals surface area (Å²) in [5, 5.41) is 24.3. The number of aromatic hydroxyl groups is 1. The lowest BCUT2D eigenvalue weighted by atomic mass is 10.1. The lowest BCUT2D eigenvalue weighted by molar-refractivity contribution is -0.117. The molecule has 4 rings (SSSR count). The van der Waals surface area contributed by atoms with Crippen LogP contribution in [0.4, 0.5) is 11.4 Å². The summed E-state index contributed by atoms with van der Waals surface area (Å²) in [6.07, 6.45) is 0. The maximum Gasteiger partial charge on any atom is 0.295 e. The van der Waals surface area contributed by atoms with Crippen molar-refractivity contribution in [3.05, 3.63) is 60.7 Å². The monoisotopic (exact) mass is 424 g/mol. The number of nitrogens with zero attached hydrogens (tertiary/aromatic N) is 4. The zero-order valence-electron chi connectivity index (χ0n) is 15.7. The number of phenolic OH excluding ortho intramolecular Hbond substituents is 1. The molecule has 152 valence electrons. The lowest BCUT2D eigenvalue weighted by Crippen LogP contribution is -2.29. The van der Waals surface area contributed by atoms with Crippen LogP contribution in [0.3, 0.4) is 0 Å². The average molecular weight is 424 g/mol. The van der Waals surface area contributed by atoms with E-state index in [1.54, 1.807) is 43.3 Å². The molecule has 9 nitrogen and oxygen atoms in total. The molecule has 1 amide bonds. The second kappa shape index (κ2) is 7.32. The summed E-state index contributed by atoms with van der Waals surface area (Å²) in [5.74, 6) is -0.897. The van der Waals surface area contributed by atoms with E-state index in [4.69, 9.17) is 0 Å². The van der Waals surface area contributed by atoms with E-state index >= 15 is 0 Å². The molecular weight excluding hydrogens is 408 g/mol. The van der Waals surface area contributed by atoms with Crippen molar-refractivity contribution in [2.24, 2.45) is 15.3 Å². The van der Waals surface area contributed by atoms with Crippen molar-refractivity contribution in [3.63, 3.8) is 0 Å². The Morgan fingerprint density at radius 3 is 2.33 bits per heavy atom. The van der Waals surface area contributed by atoms with Crippen LogP contribution in [0.2, 0.25) is 0 Å². The minimum Gasteiger partial charge on any atom is -0.506 e. The molecule has 3 aromatic carbocycles. The van der Waals surface area contributed by atoms with Crippen LogP contribution in [0, 0.1) is 0 Å². The predicted molar refractivity (Wildman–Crippen MR) is 111 cm³/mol. The largest absolute Gasteiger partial charge is 0.506 e. The van der Waals surface area contributed by atoms with Gasteiger partial charge in [0.15, 0.2) is 6.04 Å². The van der Waals surface area contributed by atoms with Crippen LogP contribution in [0.25, 0.3) is 10.8 Å². The van der Waals surface area contributed by atoms with Gasteiger partial charge in [-0.05, 0) is 19.1 Å². The number of carbonyl (C=O) groups is 1. The molecule has 1 aliphatic rings. The molecule has 0 aromatic heterocycles. The number of phenols is 1. The first-order valence-electron chi connectivity index (χ1n) is 8.84. The Morgan fingerprint density at radius 2 is 1.67 bits per heavy atom. The molecule has 0 saturated carbocycles. The standard InChI is InChI=1S/C20H16N4O5S/c1-12-18(20(26)24(23-12)13-7-3-2-4-8-13)21-22-19-15-10-6-5-9-14(15)17(11-16(19)25)30(27,28)29/h2-11,18,25H,1H3,(H,27,28,29). The Morgan fingerprint density at radius 1 is 1.03 bits per heavy atom. The molecule has 1 aliphatic heterocycles. The van der Waals surface area contributed by atoms with E-state index < -0.39 is 32.7 Å². The third-order valence-corrected chi connectivity index (χ3v) is 5.50. The first kappa shape index (κ1) is 19.7. The van der Waals surface area contributed by atoms with E-state index in [0.29, 0.717) is 11.4 Å². The normalized spacial score (nSPS) is 17.1. The van der Waals surface area contributed by atoms with Crippen LogP contribution in [0.15, 0.2) is 80.9 Å². The number of hydrogen-bond donors (Lipinski definition) is 2. The summed E-state index contributed by atoms with van der Waals surface area (Å²) in [6, 6.07) is 15.0. The van der Waals surface area contributed by atoms with Gasteiger partial charge in [0.05, 0.1) is 11.4 Å². The number of para-hydroxylation sites is 1. The van der Waals surface area contributed by atoms with Gasteiger partial charge in [-0.2, -0.15) is 28.8 Å².